The van der Waals surface area contributed by atoms with Gasteiger partial charge < -0.3 is 14.4 Å². The van der Waals surface area contributed by atoms with Gasteiger partial charge in [-0.05, 0) is 53.9 Å². The van der Waals surface area contributed by atoms with Crippen molar-refractivity contribution >= 4 is 11.6 Å². The number of methoxy groups -OCH3 is 1. The fraction of sp³-hybridized carbons (Fsp3) is 0.455. The summed E-state index contributed by atoms with van der Waals surface area (Å²) in [5, 5.41) is 0. The van der Waals surface area contributed by atoms with Crippen molar-refractivity contribution in [1.29, 1.82) is 0 Å². The molecule has 0 spiro atoms. The molecule has 2 aromatic rings. The maximum Gasteiger partial charge on any atom is 0.162 e. The molecule has 0 aromatic heterocycles. The minimum atomic E-state index is -0.382. The topological polar surface area (TPSA) is 55.8 Å². The summed E-state index contributed by atoms with van der Waals surface area (Å²) in [7, 11) is 1.63. The molecule has 0 radical (unpaired) electrons. The average Bonchev–Trinajstić information content (AvgIpc) is 2.85. The zero-order chi connectivity index (χ0) is 27.2. The number of nitrogens with zero attached hydrogens (tertiary/aromatic N) is 1. The third-order valence-corrected chi connectivity index (χ3v) is 8.10. The summed E-state index contributed by atoms with van der Waals surface area (Å²) in [6.07, 6.45) is 2.60. The number of hydrogen-bond donors (Lipinski definition) is 0. The van der Waals surface area contributed by atoms with Crippen molar-refractivity contribution in [3.63, 3.8) is 0 Å². The molecule has 2 aromatic carbocycles. The molecule has 1 aliphatic heterocycles. The molecule has 1 heterocycles. The van der Waals surface area contributed by atoms with Gasteiger partial charge in [0.15, 0.2) is 23.1 Å². The Morgan fingerprint density at radius 2 is 1.39 bits per heavy atom. The number of allylic oxidation sites excluding steroid dienone is 4. The van der Waals surface area contributed by atoms with Gasteiger partial charge in [-0.1, -0.05) is 64.1 Å². The second-order valence-electron chi connectivity index (χ2n) is 12.5. The van der Waals surface area contributed by atoms with Gasteiger partial charge in [0.2, 0.25) is 0 Å². The van der Waals surface area contributed by atoms with Gasteiger partial charge >= 0.3 is 0 Å². The second-order valence-corrected chi connectivity index (χ2v) is 12.5. The van der Waals surface area contributed by atoms with Gasteiger partial charge in [-0.25, -0.2) is 0 Å². The predicted octanol–water partition coefficient (Wildman–Crippen LogP) is 6.98. The standard InChI is InChI=1S/C33H39NO4/c1-7-34-23-16-32(2,3)18-25(35)30(23)29(31-24(34)17-33(4,5)19-26(31)36)22-13-14-27(28(15-22)37-6)38-20-21-11-9-8-10-12-21/h8-15,29H,7,16-20H2,1-6H3. The van der Waals surface area contributed by atoms with Crippen LogP contribution in [0.25, 0.3) is 0 Å². The SMILES string of the molecule is CCN1C2=C(C(=O)CC(C)(C)C2)C(c2ccc(OCc3ccccc3)c(OC)c2)C2=C1CC(C)(C)CC2=O. The van der Waals surface area contributed by atoms with E-state index in [1.165, 1.54) is 0 Å². The molecule has 3 aliphatic rings. The van der Waals surface area contributed by atoms with Crippen LogP contribution in [0.3, 0.4) is 0 Å². The van der Waals surface area contributed by atoms with Crippen LogP contribution < -0.4 is 9.47 Å². The molecule has 200 valence electrons. The van der Waals surface area contributed by atoms with Crippen LogP contribution in [0.15, 0.2) is 71.1 Å². The molecule has 0 fully saturated rings. The first-order valence-electron chi connectivity index (χ1n) is 13.7. The van der Waals surface area contributed by atoms with Gasteiger partial charge in [0.05, 0.1) is 7.11 Å². The lowest BCUT2D eigenvalue weighted by atomic mass is 9.63. The van der Waals surface area contributed by atoms with Crippen molar-refractivity contribution < 1.29 is 19.1 Å². The summed E-state index contributed by atoms with van der Waals surface area (Å²) in [6.45, 7) is 12.0. The monoisotopic (exact) mass is 513 g/mol. The molecule has 5 nitrogen and oxygen atoms in total. The zero-order valence-corrected chi connectivity index (χ0v) is 23.5. The molecule has 0 saturated carbocycles. The summed E-state index contributed by atoms with van der Waals surface area (Å²) in [5.41, 5.74) is 5.50. The van der Waals surface area contributed by atoms with Crippen molar-refractivity contribution in [2.45, 2.75) is 72.8 Å². The van der Waals surface area contributed by atoms with E-state index in [1.54, 1.807) is 7.11 Å². The number of ketones is 2. The highest BCUT2D eigenvalue weighted by atomic mass is 16.5. The van der Waals surface area contributed by atoms with Gasteiger partial charge in [0.1, 0.15) is 6.61 Å². The number of hydrogen-bond acceptors (Lipinski definition) is 5. The van der Waals surface area contributed by atoms with Crippen molar-refractivity contribution in [1.82, 2.24) is 4.90 Å². The minimum absolute atomic E-state index is 0.118. The summed E-state index contributed by atoms with van der Waals surface area (Å²) >= 11 is 0. The van der Waals surface area contributed by atoms with E-state index in [9.17, 15) is 9.59 Å². The number of Topliss-reactive ketones (excluding diaryl/α,β-unsaturated/α-hetero) is 2. The van der Waals surface area contributed by atoms with E-state index in [0.717, 1.165) is 53.1 Å². The third kappa shape index (κ3) is 4.79. The maximum absolute atomic E-state index is 13.8. The van der Waals surface area contributed by atoms with E-state index in [4.69, 9.17) is 9.47 Å². The number of carbonyl (C=O) groups excluding carboxylic acids is 2. The Morgan fingerprint density at radius 1 is 0.816 bits per heavy atom. The molecule has 0 atom stereocenters. The van der Waals surface area contributed by atoms with Gasteiger partial charge in [-0.2, -0.15) is 0 Å². The smallest absolute Gasteiger partial charge is 0.162 e. The van der Waals surface area contributed by atoms with Crippen LogP contribution in [0, 0.1) is 10.8 Å². The lowest BCUT2D eigenvalue weighted by molar-refractivity contribution is -0.119. The van der Waals surface area contributed by atoms with Gasteiger partial charge in [-0.3, -0.25) is 9.59 Å². The minimum Gasteiger partial charge on any atom is -0.493 e. The Morgan fingerprint density at radius 3 is 1.92 bits per heavy atom. The molecule has 2 aliphatic carbocycles. The van der Waals surface area contributed by atoms with E-state index in [2.05, 4.69) is 39.5 Å². The Hall–Kier alpha value is -3.34. The Bertz CT molecular complexity index is 1280. The summed E-state index contributed by atoms with van der Waals surface area (Å²) < 4.78 is 11.9. The molecular weight excluding hydrogens is 474 g/mol. The average molecular weight is 514 g/mol. The van der Waals surface area contributed by atoms with Gasteiger partial charge in [0, 0.05) is 47.8 Å². The molecule has 0 amide bonds. The van der Waals surface area contributed by atoms with Crippen LogP contribution in [-0.4, -0.2) is 30.1 Å². The summed E-state index contributed by atoms with van der Waals surface area (Å²) in [5.74, 6) is 1.15. The molecule has 5 heteroatoms. The molecule has 5 rings (SSSR count). The highest BCUT2D eigenvalue weighted by Crippen LogP contribution is 2.54. The second kappa shape index (κ2) is 9.76. The van der Waals surface area contributed by atoms with Crippen LogP contribution in [-0.2, 0) is 16.2 Å². The highest BCUT2D eigenvalue weighted by Gasteiger charge is 2.48. The fourth-order valence-corrected chi connectivity index (χ4v) is 6.48. The number of rotatable bonds is 6. The van der Waals surface area contributed by atoms with Crippen LogP contribution in [0.5, 0.6) is 11.5 Å². The van der Waals surface area contributed by atoms with E-state index >= 15 is 0 Å². The fourth-order valence-electron chi connectivity index (χ4n) is 6.48. The highest BCUT2D eigenvalue weighted by molar-refractivity contribution is 6.06. The van der Waals surface area contributed by atoms with E-state index in [0.29, 0.717) is 30.9 Å². The third-order valence-electron chi connectivity index (χ3n) is 8.10. The molecule has 0 unspecified atom stereocenters. The van der Waals surface area contributed by atoms with E-state index < -0.39 is 0 Å². The molecule has 38 heavy (non-hydrogen) atoms. The van der Waals surface area contributed by atoms with Crippen molar-refractivity contribution in [3.8, 4) is 11.5 Å². The molecule has 0 bridgehead atoms. The predicted molar refractivity (Wildman–Crippen MR) is 149 cm³/mol. The van der Waals surface area contributed by atoms with E-state index in [-0.39, 0.29) is 28.3 Å². The first-order chi connectivity index (χ1) is 18.0. The Labute approximate surface area is 226 Å². The Balaban J connectivity index is 1.62. The number of ether oxygens (including phenoxy) is 2. The zero-order valence-electron chi connectivity index (χ0n) is 23.5. The maximum atomic E-state index is 13.8. The van der Waals surface area contributed by atoms with E-state index in [1.807, 2.05) is 48.5 Å². The normalized spacial score (nSPS) is 20.8. The van der Waals surface area contributed by atoms with Gasteiger partial charge in [0.25, 0.3) is 0 Å². The van der Waals surface area contributed by atoms with Crippen molar-refractivity contribution in [2.75, 3.05) is 13.7 Å². The van der Waals surface area contributed by atoms with Crippen LogP contribution >= 0.6 is 0 Å². The molecular formula is C33H39NO4. The van der Waals surface area contributed by atoms with Crippen molar-refractivity contribution in [2.24, 2.45) is 10.8 Å². The Kier molecular flexibility index (Phi) is 6.75. The number of benzene rings is 2. The summed E-state index contributed by atoms with van der Waals surface area (Å²) in [6, 6.07) is 15.9. The molecule has 0 N–H and O–H groups in total. The van der Waals surface area contributed by atoms with Crippen LogP contribution in [0.1, 0.15) is 77.3 Å². The first kappa shape index (κ1) is 26.3. The lowest BCUT2D eigenvalue weighted by Gasteiger charge is -2.48. The lowest BCUT2D eigenvalue weighted by Crippen LogP contribution is -2.44. The largest absolute Gasteiger partial charge is 0.493 e. The summed E-state index contributed by atoms with van der Waals surface area (Å²) in [4.78, 5) is 29.9. The quantitative estimate of drug-likeness (QED) is 0.417. The van der Waals surface area contributed by atoms with Crippen LogP contribution in [0.4, 0.5) is 0 Å². The van der Waals surface area contributed by atoms with Crippen LogP contribution in [0.2, 0.25) is 0 Å². The molecule has 0 saturated heterocycles. The number of carbonyl (C=O) groups is 2. The first-order valence-corrected chi connectivity index (χ1v) is 13.7. The van der Waals surface area contributed by atoms with Gasteiger partial charge in [-0.15, -0.1) is 0 Å². The van der Waals surface area contributed by atoms with Crippen molar-refractivity contribution in [3.05, 3.63) is 82.2 Å².